The number of phenols is 1. The van der Waals surface area contributed by atoms with Crippen molar-refractivity contribution in [2.45, 2.75) is 45.9 Å². The number of halogens is 1. The number of phenolic OH excluding ortho intramolecular Hbond substituents is 1. The molecule has 1 atom stereocenters. The van der Waals surface area contributed by atoms with Crippen molar-refractivity contribution >= 4 is 38.2 Å². The topological polar surface area (TPSA) is 73.8 Å². The number of hydrogen-bond acceptors (Lipinski definition) is 6. The molecule has 3 N–H and O–H groups in total. The third-order valence-corrected chi connectivity index (χ3v) is 6.88. The summed E-state index contributed by atoms with van der Waals surface area (Å²) in [4.78, 5) is 16.6. The molecule has 1 aromatic heterocycles. The molecule has 0 bridgehead atoms. The largest absolute Gasteiger partial charge is 0.504 e. The molecule has 3 heterocycles. The van der Waals surface area contributed by atoms with Gasteiger partial charge in [-0.2, -0.15) is 0 Å². The third kappa shape index (κ3) is 3.38. The summed E-state index contributed by atoms with van der Waals surface area (Å²) in [6.07, 6.45) is 0.369. The van der Waals surface area contributed by atoms with Gasteiger partial charge < -0.3 is 20.5 Å². The van der Waals surface area contributed by atoms with Gasteiger partial charge in [0.05, 0.1) is 12.2 Å². The van der Waals surface area contributed by atoms with Gasteiger partial charge in [0.15, 0.2) is 11.5 Å². The third-order valence-electron chi connectivity index (χ3n) is 5.27. The van der Waals surface area contributed by atoms with E-state index in [1.165, 1.54) is 4.88 Å². The van der Waals surface area contributed by atoms with Crippen LogP contribution in [-0.4, -0.2) is 35.1 Å². The standard InChI is InChI=1S/C20H24BrN3O3S/c1-4-27-14-8-11(21)7-13(17(14)25)18-22-19(26)16-12-5-6-24(10(2)3)9-15(12)28-20(16)23-18/h7-8,10,18,23,25H,4-6,9H2,1-3H3,(H,22,26)/t18-/m1/s1. The van der Waals surface area contributed by atoms with Gasteiger partial charge in [0.25, 0.3) is 5.91 Å². The monoisotopic (exact) mass is 465 g/mol. The maximum absolute atomic E-state index is 12.9. The number of nitrogens with zero attached hydrogens (tertiary/aromatic N) is 1. The second-order valence-electron chi connectivity index (χ2n) is 7.35. The minimum Gasteiger partial charge on any atom is -0.504 e. The van der Waals surface area contributed by atoms with Crippen molar-refractivity contribution in [2.75, 3.05) is 18.5 Å². The molecule has 150 valence electrons. The molecular formula is C20H24BrN3O3S. The summed E-state index contributed by atoms with van der Waals surface area (Å²) < 4.78 is 6.30. The summed E-state index contributed by atoms with van der Waals surface area (Å²) in [6, 6.07) is 4.01. The quantitative estimate of drug-likeness (QED) is 0.629. The molecule has 0 saturated heterocycles. The Morgan fingerprint density at radius 2 is 2.18 bits per heavy atom. The van der Waals surface area contributed by atoms with Crippen LogP contribution in [0.5, 0.6) is 11.5 Å². The van der Waals surface area contributed by atoms with E-state index >= 15 is 0 Å². The fourth-order valence-corrected chi connectivity index (χ4v) is 5.57. The lowest BCUT2D eigenvalue weighted by Crippen LogP contribution is -2.39. The second-order valence-corrected chi connectivity index (χ2v) is 9.37. The first-order valence-electron chi connectivity index (χ1n) is 9.50. The molecule has 2 aliphatic heterocycles. The van der Waals surface area contributed by atoms with Gasteiger partial charge in [-0.15, -0.1) is 11.3 Å². The predicted molar refractivity (Wildman–Crippen MR) is 114 cm³/mol. The highest BCUT2D eigenvalue weighted by Crippen LogP contribution is 2.44. The van der Waals surface area contributed by atoms with E-state index in [0.29, 0.717) is 24.0 Å². The van der Waals surface area contributed by atoms with E-state index in [0.717, 1.165) is 40.1 Å². The van der Waals surface area contributed by atoms with E-state index in [2.05, 4.69) is 45.3 Å². The SMILES string of the molecule is CCOc1cc(Br)cc([C@@H]2NC(=O)c3c(sc4c3CCN(C(C)C)C4)N2)c1O. The molecule has 4 rings (SSSR count). The van der Waals surface area contributed by atoms with Crippen LogP contribution in [0.3, 0.4) is 0 Å². The molecule has 2 aliphatic rings. The van der Waals surface area contributed by atoms with Crippen LogP contribution in [0.15, 0.2) is 16.6 Å². The van der Waals surface area contributed by atoms with Crippen molar-refractivity contribution in [3.05, 3.63) is 38.2 Å². The molecule has 0 saturated carbocycles. The van der Waals surface area contributed by atoms with Crippen molar-refractivity contribution in [1.29, 1.82) is 0 Å². The lowest BCUT2D eigenvalue weighted by molar-refractivity contribution is 0.0934. The van der Waals surface area contributed by atoms with Crippen LogP contribution in [-0.2, 0) is 13.0 Å². The molecule has 6 nitrogen and oxygen atoms in total. The fourth-order valence-electron chi connectivity index (χ4n) is 3.81. The molecule has 28 heavy (non-hydrogen) atoms. The van der Waals surface area contributed by atoms with Gasteiger partial charge in [-0.3, -0.25) is 9.69 Å². The number of thiophene rings is 1. The minimum absolute atomic E-state index is 0.0404. The minimum atomic E-state index is -0.516. The Labute approximate surface area is 177 Å². The van der Waals surface area contributed by atoms with Crippen LogP contribution < -0.4 is 15.4 Å². The number of nitrogens with one attached hydrogen (secondary N) is 2. The molecule has 0 aliphatic carbocycles. The number of rotatable bonds is 4. The zero-order chi connectivity index (χ0) is 20.0. The smallest absolute Gasteiger partial charge is 0.256 e. The van der Waals surface area contributed by atoms with Crippen LogP contribution >= 0.6 is 27.3 Å². The molecule has 0 unspecified atom stereocenters. The number of benzene rings is 1. The van der Waals surface area contributed by atoms with Crippen molar-refractivity contribution in [2.24, 2.45) is 0 Å². The maximum atomic E-state index is 12.9. The fraction of sp³-hybridized carbons (Fsp3) is 0.450. The van der Waals surface area contributed by atoms with Crippen LogP contribution in [0, 0.1) is 0 Å². The number of ether oxygens (including phenoxy) is 1. The summed E-state index contributed by atoms with van der Waals surface area (Å²) in [5.41, 5.74) is 2.50. The summed E-state index contributed by atoms with van der Waals surface area (Å²) in [7, 11) is 0. The maximum Gasteiger partial charge on any atom is 0.256 e. The molecule has 8 heteroatoms. The van der Waals surface area contributed by atoms with Gasteiger partial charge in [0.2, 0.25) is 0 Å². The normalized spacial score (nSPS) is 19.0. The lowest BCUT2D eigenvalue weighted by Gasteiger charge is -2.31. The number of hydrogen-bond donors (Lipinski definition) is 3. The number of carbonyl (C=O) groups excluding carboxylic acids is 1. The first kappa shape index (κ1) is 19.5. The average Bonchev–Trinajstić information content (AvgIpc) is 3.02. The van der Waals surface area contributed by atoms with Crippen LogP contribution in [0.25, 0.3) is 0 Å². The first-order chi connectivity index (χ1) is 13.4. The Bertz CT molecular complexity index is 928. The number of amides is 1. The van der Waals surface area contributed by atoms with Gasteiger partial charge in [-0.05, 0) is 44.9 Å². The van der Waals surface area contributed by atoms with Crippen LogP contribution in [0.1, 0.15) is 53.3 Å². The van der Waals surface area contributed by atoms with Crippen LogP contribution in [0.2, 0.25) is 0 Å². The van der Waals surface area contributed by atoms with E-state index in [-0.39, 0.29) is 11.7 Å². The lowest BCUT2D eigenvalue weighted by atomic mass is 9.99. The summed E-state index contributed by atoms with van der Waals surface area (Å²) in [5.74, 6) is 0.344. The van der Waals surface area contributed by atoms with E-state index in [1.807, 2.05) is 6.92 Å². The second kappa shape index (κ2) is 7.57. The van der Waals surface area contributed by atoms with E-state index in [4.69, 9.17) is 4.74 Å². The summed E-state index contributed by atoms with van der Waals surface area (Å²) >= 11 is 5.11. The van der Waals surface area contributed by atoms with Gasteiger partial charge in [0, 0.05) is 34.0 Å². The Morgan fingerprint density at radius 3 is 2.89 bits per heavy atom. The Kier molecular flexibility index (Phi) is 5.28. The molecule has 0 fully saturated rings. The Hall–Kier alpha value is -1.77. The molecule has 0 radical (unpaired) electrons. The number of carbonyl (C=O) groups is 1. The molecule has 1 amide bonds. The zero-order valence-corrected chi connectivity index (χ0v) is 18.5. The number of aromatic hydroxyl groups is 1. The molecular weight excluding hydrogens is 442 g/mol. The van der Waals surface area contributed by atoms with E-state index < -0.39 is 6.17 Å². The van der Waals surface area contributed by atoms with Gasteiger partial charge in [0.1, 0.15) is 11.2 Å². The van der Waals surface area contributed by atoms with Crippen molar-refractivity contribution in [3.63, 3.8) is 0 Å². The van der Waals surface area contributed by atoms with Crippen molar-refractivity contribution in [1.82, 2.24) is 10.2 Å². The van der Waals surface area contributed by atoms with Crippen LogP contribution in [0.4, 0.5) is 5.00 Å². The summed E-state index contributed by atoms with van der Waals surface area (Å²) in [6.45, 7) is 8.55. The number of anilines is 1. The van der Waals surface area contributed by atoms with Gasteiger partial charge in [-0.25, -0.2) is 0 Å². The Morgan fingerprint density at radius 1 is 1.39 bits per heavy atom. The molecule has 1 aromatic carbocycles. The summed E-state index contributed by atoms with van der Waals surface area (Å²) in [5, 5.41) is 17.9. The predicted octanol–water partition coefficient (Wildman–Crippen LogP) is 4.24. The molecule has 0 spiro atoms. The van der Waals surface area contributed by atoms with Gasteiger partial charge >= 0.3 is 0 Å². The first-order valence-corrected chi connectivity index (χ1v) is 11.1. The van der Waals surface area contributed by atoms with E-state index in [1.54, 1.807) is 23.5 Å². The number of fused-ring (bicyclic) bond motifs is 3. The van der Waals surface area contributed by atoms with Crippen molar-refractivity contribution in [3.8, 4) is 11.5 Å². The van der Waals surface area contributed by atoms with Crippen molar-refractivity contribution < 1.29 is 14.6 Å². The highest BCUT2D eigenvalue weighted by molar-refractivity contribution is 9.10. The van der Waals surface area contributed by atoms with E-state index in [9.17, 15) is 9.90 Å². The highest BCUT2D eigenvalue weighted by Gasteiger charge is 2.35. The Balaban J connectivity index is 1.68. The zero-order valence-electron chi connectivity index (χ0n) is 16.1. The average molecular weight is 466 g/mol. The van der Waals surface area contributed by atoms with Gasteiger partial charge in [-0.1, -0.05) is 15.9 Å². The molecule has 2 aromatic rings. The highest BCUT2D eigenvalue weighted by atomic mass is 79.9.